The van der Waals surface area contributed by atoms with Gasteiger partial charge < -0.3 is 5.73 Å². The third-order valence-electron chi connectivity index (χ3n) is 1.72. The Bertz CT molecular complexity index is 390. The molecule has 0 aliphatic carbocycles. The number of nitrogens with one attached hydrogen (secondary N) is 1. The second kappa shape index (κ2) is 1.95. The first-order valence-corrected chi connectivity index (χ1v) is 3.33. The van der Waals surface area contributed by atoms with Crippen LogP contribution in [-0.4, -0.2) is 15.2 Å². The van der Waals surface area contributed by atoms with Crippen molar-refractivity contribution in [1.29, 1.82) is 0 Å². The van der Waals surface area contributed by atoms with Gasteiger partial charge in [-0.1, -0.05) is 0 Å². The minimum Gasteiger partial charge on any atom is -0.398 e. The zero-order valence-corrected chi connectivity index (χ0v) is 6.13. The zero-order valence-electron chi connectivity index (χ0n) is 6.13. The lowest BCUT2D eigenvalue weighted by molar-refractivity contribution is 1.10. The molecule has 4 heteroatoms. The van der Waals surface area contributed by atoms with E-state index in [0.717, 1.165) is 22.3 Å². The summed E-state index contributed by atoms with van der Waals surface area (Å²) in [5.74, 6) is 0. The topological polar surface area (TPSA) is 67.6 Å². The molecule has 0 aromatic carbocycles. The Kier molecular flexibility index (Phi) is 1.09. The SMILES string of the molecule is Cc1cnc2[nH]ncc2c1N. The number of hydrogen-bond donors (Lipinski definition) is 2. The van der Waals surface area contributed by atoms with Gasteiger partial charge in [0.25, 0.3) is 0 Å². The zero-order chi connectivity index (χ0) is 7.84. The first kappa shape index (κ1) is 6.15. The molecule has 2 heterocycles. The lowest BCUT2D eigenvalue weighted by atomic mass is 10.2. The minimum absolute atomic E-state index is 0.744. The Labute approximate surface area is 63.4 Å². The summed E-state index contributed by atoms with van der Waals surface area (Å²) in [7, 11) is 0. The normalized spacial score (nSPS) is 10.6. The molecule has 0 atom stereocenters. The summed E-state index contributed by atoms with van der Waals surface area (Å²) in [6.07, 6.45) is 3.42. The van der Waals surface area contributed by atoms with Crippen LogP contribution in [0.5, 0.6) is 0 Å². The van der Waals surface area contributed by atoms with E-state index in [-0.39, 0.29) is 0 Å². The highest BCUT2D eigenvalue weighted by Crippen LogP contribution is 2.19. The highest BCUT2D eigenvalue weighted by Gasteiger charge is 2.02. The number of hydrogen-bond acceptors (Lipinski definition) is 3. The number of nitrogens with zero attached hydrogens (tertiary/aromatic N) is 2. The largest absolute Gasteiger partial charge is 0.398 e. The van der Waals surface area contributed by atoms with Gasteiger partial charge in [-0.2, -0.15) is 5.10 Å². The molecule has 0 saturated heterocycles. The smallest absolute Gasteiger partial charge is 0.157 e. The fraction of sp³-hybridized carbons (Fsp3) is 0.143. The molecule has 0 radical (unpaired) electrons. The van der Waals surface area contributed by atoms with E-state index < -0.39 is 0 Å². The summed E-state index contributed by atoms with van der Waals surface area (Å²) in [6, 6.07) is 0. The molecule has 2 aromatic heterocycles. The van der Waals surface area contributed by atoms with Crippen LogP contribution in [0, 0.1) is 6.92 Å². The van der Waals surface area contributed by atoms with Crippen molar-refractivity contribution >= 4 is 16.7 Å². The van der Waals surface area contributed by atoms with Gasteiger partial charge in [0.05, 0.1) is 11.6 Å². The van der Waals surface area contributed by atoms with Gasteiger partial charge >= 0.3 is 0 Å². The summed E-state index contributed by atoms with van der Waals surface area (Å²) in [5, 5.41) is 7.48. The van der Waals surface area contributed by atoms with E-state index in [9.17, 15) is 0 Å². The summed E-state index contributed by atoms with van der Waals surface area (Å²) in [4.78, 5) is 4.10. The molecule has 0 aliphatic heterocycles. The van der Waals surface area contributed by atoms with Crippen molar-refractivity contribution in [1.82, 2.24) is 15.2 Å². The van der Waals surface area contributed by atoms with Crippen LogP contribution in [0.25, 0.3) is 11.0 Å². The Morgan fingerprint density at radius 2 is 2.27 bits per heavy atom. The molecule has 2 rings (SSSR count). The molecule has 56 valence electrons. The van der Waals surface area contributed by atoms with E-state index >= 15 is 0 Å². The summed E-state index contributed by atoms with van der Waals surface area (Å²) in [5.41, 5.74) is 8.24. The average Bonchev–Trinajstić information content (AvgIpc) is 2.45. The Morgan fingerprint density at radius 1 is 1.45 bits per heavy atom. The Hall–Kier alpha value is -1.58. The van der Waals surface area contributed by atoms with Gasteiger partial charge in [-0.25, -0.2) is 4.98 Å². The molecule has 0 fully saturated rings. The monoisotopic (exact) mass is 148 g/mol. The molecular weight excluding hydrogens is 140 g/mol. The summed E-state index contributed by atoms with van der Waals surface area (Å²) in [6.45, 7) is 1.93. The molecule has 0 bridgehead atoms. The average molecular weight is 148 g/mol. The predicted octanol–water partition coefficient (Wildman–Crippen LogP) is 0.849. The maximum atomic E-state index is 5.76. The predicted molar refractivity (Wildman–Crippen MR) is 43.0 cm³/mol. The van der Waals surface area contributed by atoms with Crippen molar-refractivity contribution in [2.45, 2.75) is 6.92 Å². The molecule has 2 aromatic rings. The fourth-order valence-corrected chi connectivity index (χ4v) is 1.02. The molecule has 3 N–H and O–H groups in total. The van der Waals surface area contributed by atoms with Crippen LogP contribution in [0.15, 0.2) is 12.4 Å². The van der Waals surface area contributed by atoms with Crippen molar-refractivity contribution in [2.75, 3.05) is 5.73 Å². The molecule has 0 saturated carbocycles. The van der Waals surface area contributed by atoms with Gasteiger partial charge in [0.15, 0.2) is 5.65 Å². The number of fused-ring (bicyclic) bond motifs is 1. The second-order valence-corrected chi connectivity index (χ2v) is 2.49. The Morgan fingerprint density at radius 3 is 3.09 bits per heavy atom. The summed E-state index contributed by atoms with van der Waals surface area (Å²) < 4.78 is 0. The van der Waals surface area contributed by atoms with E-state index in [0.29, 0.717) is 0 Å². The van der Waals surface area contributed by atoms with Crippen molar-refractivity contribution in [2.24, 2.45) is 0 Å². The Balaban J connectivity index is 2.93. The number of rotatable bonds is 0. The fourth-order valence-electron chi connectivity index (χ4n) is 1.02. The highest BCUT2D eigenvalue weighted by molar-refractivity contribution is 5.88. The van der Waals surface area contributed by atoms with Crippen molar-refractivity contribution in [3.8, 4) is 0 Å². The van der Waals surface area contributed by atoms with Crippen LogP contribution in [0.2, 0.25) is 0 Å². The maximum absolute atomic E-state index is 5.76. The summed E-state index contributed by atoms with van der Waals surface area (Å²) >= 11 is 0. The van der Waals surface area contributed by atoms with E-state index in [1.807, 2.05) is 6.92 Å². The highest BCUT2D eigenvalue weighted by atomic mass is 15.1. The molecule has 0 aliphatic rings. The standard InChI is InChI=1S/C7H8N4/c1-4-2-9-7-5(6(4)8)3-10-11-7/h2-3H,1H3,(H3,8,9,10,11). The van der Waals surface area contributed by atoms with Crippen molar-refractivity contribution < 1.29 is 0 Å². The second-order valence-electron chi connectivity index (χ2n) is 2.49. The first-order chi connectivity index (χ1) is 5.29. The van der Waals surface area contributed by atoms with Crippen molar-refractivity contribution in [3.05, 3.63) is 18.0 Å². The van der Waals surface area contributed by atoms with Gasteiger partial charge in [-0.05, 0) is 12.5 Å². The number of aromatic amines is 1. The third kappa shape index (κ3) is 0.756. The van der Waals surface area contributed by atoms with Crippen LogP contribution in [0.1, 0.15) is 5.56 Å². The van der Waals surface area contributed by atoms with E-state index in [1.54, 1.807) is 12.4 Å². The lowest BCUT2D eigenvalue weighted by Gasteiger charge is -1.97. The number of H-pyrrole nitrogens is 1. The number of aryl methyl sites for hydroxylation is 1. The van der Waals surface area contributed by atoms with Crippen LogP contribution >= 0.6 is 0 Å². The van der Waals surface area contributed by atoms with E-state index in [1.165, 1.54) is 0 Å². The van der Waals surface area contributed by atoms with E-state index in [2.05, 4.69) is 15.2 Å². The van der Waals surface area contributed by atoms with Gasteiger partial charge in [0, 0.05) is 11.9 Å². The molecule has 0 amide bonds. The van der Waals surface area contributed by atoms with Gasteiger partial charge in [-0.3, -0.25) is 5.10 Å². The van der Waals surface area contributed by atoms with Gasteiger partial charge in [0.2, 0.25) is 0 Å². The van der Waals surface area contributed by atoms with E-state index in [4.69, 9.17) is 5.73 Å². The number of anilines is 1. The number of nitrogen functional groups attached to an aromatic ring is 1. The maximum Gasteiger partial charge on any atom is 0.157 e. The third-order valence-corrected chi connectivity index (χ3v) is 1.72. The van der Waals surface area contributed by atoms with Gasteiger partial charge in [-0.15, -0.1) is 0 Å². The van der Waals surface area contributed by atoms with Crippen LogP contribution < -0.4 is 5.73 Å². The molecular formula is C7H8N4. The molecule has 0 spiro atoms. The minimum atomic E-state index is 0.744. The first-order valence-electron chi connectivity index (χ1n) is 3.33. The molecule has 4 nitrogen and oxygen atoms in total. The molecule has 0 unspecified atom stereocenters. The number of nitrogens with two attached hydrogens (primary N) is 1. The quantitative estimate of drug-likeness (QED) is 0.582. The van der Waals surface area contributed by atoms with Crippen LogP contribution in [0.3, 0.4) is 0 Å². The number of aromatic nitrogens is 3. The van der Waals surface area contributed by atoms with Crippen molar-refractivity contribution in [3.63, 3.8) is 0 Å². The number of pyridine rings is 1. The molecule has 11 heavy (non-hydrogen) atoms. The lowest BCUT2D eigenvalue weighted by Crippen LogP contribution is -1.91. The van der Waals surface area contributed by atoms with Crippen LogP contribution in [-0.2, 0) is 0 Å². The van der Waals surface area contributed by atoms with Gasteiger partial charge in [0.1, 0.15) is 0 Å². The van der Waals surface area contributed by atoms with Crippen LogP contribution in [0.4, 0.5) is 5.69 Å².